The summed E-state index contributed by atoms with van der Waals surface area (Å²) in [7, 11) is 0. The van der Waals surface area contributed by atoms with Gasteiger partial charge in [-0.15, -0.1) is 0 Å². The van der Waals surface area contributed by atoms with Crippen molar-refractivity contribution in [3.05, 3.63) is 223 Å². The maximum atomic E-state index is 11.3. The lowest BCUT2D eigenvalue weighted by Crippen LogP contribution is -2.03. The predicted octanol–water partition coefficient (Wildman–Crippen LogP) is 15.7. The number of nitrogens with zero attached hydrogens (tertiary/aromatic N) is 6. The van der Waals surface area contributed by atoms with E-state index in [9.17, 15) is 5.26 Å². The summed E-state index contributed by atoms with van der Waals surface area (Å²) < 4.78 is 9.11. The van der Waals surface area contributed by atoms with E-state index in [1.54, 1.807) is 0 Å². The predicted molar refractivity (Wildman–Crippen MR) is 272 cm³/mol. The third-order valence-electron chi connectivity index (χ3n) is 13.8. The summed E-state index contributed by atoms with van der Waals surface area (Å²) in [6.45, 7) is 8.87. The van der Waals surface area contributed by atoms with Crippen molar-refractivity contribution >= 4 is 104 Å². The molecule has 0 fully saturated rings. The van der Waals surface area contributed by atoms with Gasteiger partial charge in [-0.1, -0.05) is 133 Å². The smallest absolute Gasteiger partial charge is 0.212 e. The summed E-state index contributed by atoms with van der Waals surface area (Å²) in [5.74, 6) is 0. The average molecular weight is 839 g/mol. The lowest BCUT2D eigenvalue weighted by atomic mass is 10.0. The third-order valence-corrected chi connectivity index (χ3v) is 13.8. The van der Waals surface area contributed by atoms with Gasteiger partial charge < -0.3 is 18.3 Å². The van der Waals surface area contributed by atoms with Crippen LogP contribution in [-0.2, 0) is 0 Å². The molecule has 66 heavy (non-hydrogen) atoms. The second-order valence-corrected chi connectivity index (χ2v) is 17.1. The Morgan fingerprint density at radius 3 is 1.52 bits per heavy atom. The van der Waals surface area contributed by atoms with E-state index < -0.39 is 0 Å². The van der Waals surface area contributed by atoms with E-state index in [4.69, 9.17) is 6.57 Å². The molecule has 4 aromatic heterocycles. The molecule has 0 unspecified atom stereocenters. The van der Waals surface area contributed by atoms with Crippen LogP contribution < -0.4 is 0 Å². The molecule has 0 bridgehead atoms. The summed E-state index contributed by atoms with van der Waals surface area (Å²) in [6, 6.07) is 75.0. The number of nitriles is 1. The zero-order chi connectivity index (χ0) is 43.6. The molecule has 6 heteroatoms. The van der Waals surface area contributed by atoms with Crippen LogP contribution in [0.5, 0.6) is 0 Å². The van der Waals surface area contributed by atoms with E-state index in [2.05, 4.69) is 217 Å². The first-order valence-electron chi connectivity index (χ1n) is 22.1. The van der Waals surface area contributed by atoms with E-state index in [1.807, 2.05) is 18.2 Å². The van der Waals surface area contributed by atoms with Gasteiger partial charge in [-0.25, -0.2) is 4.85 Å². The van der Waals surface area contributed by atoms with Crippen molar-refractivity contribution in [1.29, 1.82) is 5.26 Å². The van der Waals surface area contributed by atoms with Gasteiger partial charge in [-0.2, -0.15) is 5.26 Å². The Morgan fingerprint density at radius 2 is 0.879 bits per heavy atom. The second-order valence-electron chi connectivity index (χ2n) is 17.1. The van der Waals surface area contributed by atoms with Crippen molar-refractivity contribution in [2.75, 3.05) is 0 Å². The minimum Gasteiger partial charge on any atom is -0.317 e. The molecule has 6 nitrogen and oxygen atoms in total. The fourth-order valence-electron chi connectivity index (χ4n) is 11.1. The molecular weight excluding hydrogens is 805 g/mol. The number of hydrogen-bond acceptors (Lipinski definition) is 1. The molecular formula is C60H34N6. The Morgan fingerprint density at radius 1 is 0.364 bits per heavy atom. The van der Waals surface area contributed by atoms with Crippen LogP contribution in [0.3, 0.4) is 0 Å². The molecule has 4 heterocycles. The number of hydrogen-bond donors (Lipinski definition) is 0. The summed E-state index contributed by atoms with van der Waals surface area (Å²) in [5, 5.41) is 22.6. The highest BCUT2D eigenvalue weighted by atomic mass is 15.1. The van der Waals surface area contributed by atoms with Crippen LogP contribution in [0.1, 0.15) is 5.56 Å². The van der Waals surface area contributed by atoms with Crippen molar-refractivity contribution in [3.8, 4) is 28.8 Å². The molecule has 0 radical (unpaired) electrons. The first kappa shape index (κ1) is 36.2. The highest BCUT2D eigenvalue weighted by Gasteiger charge is 2.25. The molecule has 0 aliphatic heterocycles. The van der Waals surface area contributed by atoms with E-state index in [-0.39, 0.29) is 0 Å². The lowest BCUT2D eigenvalue weighted by Gasteiger charge is -2.17. The van der Waals surface area contributed by atoms with Gasteiger partial charge in [0.1, 0.15) is 6.07 Å². The lowest BCUT2D eigenvalue weighted by molar-refractivity contribution is 1.13. The fourth-order valence-corrected chi connectivity index (χ4v) is 11.1. The minimum absolute atomic E-state index is 0.448. The molecule has 0 aliphatic rings. The standard InChI is InChI=1S/C60H34N6/c1-62-49-35-56(65-54-32-28-40(34-48(54)58-41-18-6-5-15-37(41)27-31-55(58)65)63-50-23-11-7-19-42(50)43-20-8-12-24-51(43)63)38(36-61)33-57(49)66-53-26-14-10-22-45(53)47-30-29-46-44-21-9-13-25-52(44)64(59(46)60(47)66)39-16-3-2-4-17-39/h2-35H. The number of para-hydroxylation sites is 5. The SMILES string of the molecule is [C-]#[N+]c1cc(-n2c3ccc(-n4c5ccccc5c5ccccc54)cc3c3c4ccccc4ccc32)c(C#N)cc1-n1c2ccccc2c2ccc3c4ccccc4n(-c4ccccc4)c3c21. The zero-order valence-electron chi connectivity index (χ0n) is 35.3. The first-order valence-corrected chi connectivity index (χ1v) is 22.1. The summed E-state index contributed by atoms with van der Waals surface area (Å²) in [6.07, 6.45) is 0. The Labute approximate surface area is 377 Å². The summed E-state index contributed by atoms with van der Waals surface area (Å²) in [4.78, 5) is 4.30. The molecule has 10 aromatic carbocycles. The summed E-state index contributed by atoms with van der Waals surface area (Å²) in [5.41, 5.74) is 12.6. The highest BCUT2D eigenvalue weighted by molar-refractivity contribution is 6.25. The van der Waals surface area contributed by atoms with Crippen molar-refractivity contribution < 1.29 is 0 Å². The van der Waals surface area contributed by atoms with Crippen molar-refractivity contribution in [1.82, 2.24) is 18.3 Å². The van der Waals surface area contributed by atoms with Crippen LogP contribution in [0.15, 0.2) is 206 Å². The monoisotopic (exact) mass is 838 g/mol. The van der Waals surface area contributed by atoms with Crippen LogP contribution >= 0.6 is 0 Å². The number of benzene rings is 10. The van der Waals surface area contributed by atoms with Gasteiger partial charge in [0.2, 0.25) is 5.69 Å². The highest BCUT2D eigenvalue weighted by Crippen LogP contribution is 2.46. The van der Waals surface area contributed by atoms with Crippen LogP contribution in [-0.4, -0.2) is 18.3 Å². The van der Waals surface area contributed by atoms with Crippen molar-refractivity contribution in [2.24, 2.45) is 0 Å². The van der Waals surface area contributed by atoms with Gasteiger partial charge in [0.25, 0.3) is 0 Å². The van der Waals surface area contributed by atoms with Gasteiger partial charge in [0.05, 0.1) is 67.6 Å². The minimum atomic E-state index is 0.448. The van der Waals surface area contributed by atoms with Crippen LogP contribution in [0.25, 0.3) is 126 Å². The molecule has 0 amide bonds. The average Bonchev–Trinajstić information content (AvgIpc) is 4.11. The topological polar surface area (TPSA) is 47.9 Å². The van der Waals surface area contributed by atoms with Gasteiger partial charge >= 0.3 is 0 Å². The van der Waals surface area contributed by atoms with E-state index in [0.717, 1.165) is 98.6 Å². The Hall–Kier alpha value is -9.36. The molecule has 14 aromatic rings. The second kappa shape index (κ2) is 13.6. The third kappa shape index (κ3) is 4.82. The number of fused-ring (bicyclic) bond motifs is 15. The quantitative estimate of drug-likeness (QED) is 0.163. The zero-order valence-corrected chi connectivity index (χ0v) is 35.3. The number of aromatic nitrogens is 4. The maximum absolute atomic E-state index is 11.3. The molecule has 0 atom stereocenters. The molecule has 0 saturated carbocycles. The van der Waals surface area contributed by atoms with Crippen molar-refractivity contribution in [3.63, 3.8) is 0 Å². The molecule has 0 saturated heterocycles. The summed E-state index contributed by atoms with van der Waals surface area (Å²) >= 11 is 0. The van der Waals surface area contributed by atoms with E-state index >= 15 is 0 Å². The molecule has 0 spiro atoms. The van der Waals surface area contributed by atoms with Gasteiger partial charge in [-0.3, -0.25) is 0 Å². The fraction of sp³-hybridized carbons (Fsp3) is 0. The van der Waals surface area contributed by atoms with Crippen molar-refractivity contribution in [2.45, 2.75) is 0 Å². The van der Waals surface area contributed by atoms with E-state index in [1.165, 1.54) is 10.8 Å². The first-order chi connectivity index (χ1) is 32.7. The molecule has 0 aliphatic carbocycles. The molecule has 14 rings (SSSR count). The molecule has 0 N–H and O–H groups in total. The van der Waals surface area contributed by atoms with Gasteiger partial charge in [-0.05, 0) is 83.6 Å². The van der Waals surface area contributed by atoms with Gasteiger partial charge in [0, 0.05) is 54.5 Å². The Kier molecular flexibility index (Phi) is 7.43. The molecule has 304 valence electrons. The van der Waals surface area contributed by atoms with E-state index in [0.29, 0.717) is 22.6 Å². The Bertz CT molecular complexity index is 4430. The van der Waals surface area contributed by atoms with Crippen LogP contribution in [0.4, 0.5) is 5.69 Å². The number of rotatable bonds is 4. The van der Waals surface area contributed by atoms with Crippen LogP contribution in [0.2, 0.25) is 0 Å². The maximum Gasteiger partial charge on any atom is 0.212 e. The largest absolute Gasteiger partial charge is 0.317 e. The van der Waals surface area contributed by atoms with Crippen LogP contribution in [0, 0.1) is 17.9 Å². The normalized spacial score (nSPS) is 11.9. The Balaban J connectivity index is 1.08. The van der Waals surface area contributed by atoms with Gasteiger partial charge in [0.15, 0.2) is 0 Å².